The quantitative estimate of drug-likeness (QED) is 0.619. The summed E-state index contributed by atoms with van der Waals surface area (Å²) in [4.78, 5) is 31.1. The number of benzene rings is 1. The first-order valence-electron chi connectivity index (χ1n) is 9.34. The number of hydrogen-bond donors (Lipinski definition) is 3. The van der Waals surface area contributed by atoms with Gasteiger partial charge in [0.1, 0.15) is 17.0 Å². The predicted octanol–water partition coefficient (Wildman–Crippen LogP) is 1.53. The molecule has 0 saturated carbocycles. The van der Waals surface area contributed by atoms with Crippen LogP contribution >= 0.6 is 0 Å². The monoisotopic (exact) mass is 397 g/mol. The van der Waals surface area contributed by atoms with Gasteiger partial charge in [0, 0.05) is 24.3 Å². The van der Waals surface area contributed by atoms with Gasteiger partial charge in [-0.15, -0.1) is 0 Å². The van der Waals surface area contributed by atoms with Crippen LogP contribution in [0.1, 0.15) is 28.0 Å². The number of hydrogen-bond acceptors (Lipinski definition) is 5. The number of aliphatic hydroxyl groups is 1. The van der Waals surface area contributed by atoms with Gasteiger partial charge in [-0.05, 0) is 42.2 Å². The van der Waals surface area contributed by atoms with E-state index in [0.717, 1.165) is 5.56 Å². The summed E-state index contributed by atoms with van der Waals surface area (Å²) in [5.74, 6) is -1.02. The molecule has 2 aromatic heterocycles. The average molecular weight is 397 g/mol. The lowest BCUT2D eigenvalue weighted by molar-refractivity contribution is -0.0261. The molecular formula is C21H20FN3O4. The molecule has 3 N–H and O–H groups in total. The van der Waals surface area contributed by atoms with Crippen LogP contribution in [0, 0.1) is 5.82 Å². The summed E-state index contributed by atoms with van der Waals surface area (Å²) < 4.78 is 19.6. The highest BCUT2D eigenvalue weighted by Crippen LogP contribution is 2.23. The van der Waals surface area contributed by atoms with E-state index >= 15 is 0 Å². The lowest BCUT2D eigenvalue weighted by Gasteiger charge is -2.28. The van der Waals surface area contributed by atoms with Gasteiger partial charge in [0.2, 0.25) is 5.56 Å². The van der Waals surface area contributed by atoms with Crippen molar-refractivity contribution in [2.24, 2.45) is 0 Å². The molecule has 150 valence electrons. The number of carbonyl (C=O) groups excluding carboxylic acids is 1. The highest BCUT2D eigenvalue weighted by molar-refractivity contribution is 5.96. The highest BCUT2D eigenvalue weighted by atomic mass is 19.1. The normalized spacial score (nSPS) is 19.2. The van der Waals surface area contributed by atoms with Crippen LogP contribution in [0.15, 0.2) is 47.4 Å². The Morgan fingerprint density at radius 2 is 2.21 bits per heavy atom. The van der Waals surface area contributed by atoms with Crippen molar-refractivity contribution in [1.29, 1.82) is 0 Å². The Morgan fingerprint density at radius 1 is 1.34 bits per heavy atom. The zero-order valence-electron chi connectivity index (χ0n) is 15.5. The number of halogens is 1. The number of H-pyrrole nitrogens is 1. The van der Waals surface area contributed by atoms with Gasteiger partial charge in [0.25, 0.3) is 5.91 Å². The Kier molecular flexibility index (Phi) is 5.37. The Morgan fingerprint density at radius 3 is 3.00 bits per heavy atom. The molecular weight excluding hydrogens is 377 g/mol. The molecule has 1 aliphatic heterocycles. The first-order chi connectivity index (χ1) is 14.0. The van der Waals surface area contributed by atoms with Crippen molar-refractivity contribution in [3.63, 3.8) is 0 Å². The SMILES string of the molecule is O=C(NC1CCOCC1O)c1cc(Cc2cc[nH]c(=O)c2)c2cccc(F)c2n1. The van der Waals surface area contributed by atoms with Crippen LogP contribution in [0.5, 0.6) is 0 Å². The summed E-state index contributed by atoms with van der Waals surface area (Å²) in [5, 5.41) is 13.3. The number of rotatable bonds is 4. The maximum Gasteiger partial charge on any atom is 0.270 e. The van der Waals surface area contributed by atoms with Crippen molar-refractivity contribution in [1.82, 2.24) is 15.3 Å². The maximum absolute atomic E-state index is 14.4. The number of aromatic amines is 1. The fourth-order valence-electron chi connectivity index (χ4n) is 3.50. The van der Waals surface area contributed by atoms with Crippen molar-refractivity contribution in [2.75, 3.05) is 13.2 Å². The molecule has 2 atom stereocenters. The van der Waals surface area contributed by atoms with E-state index in [1.807, 2.05) is 0 Å². The number of carbonyl (C=O) groups is 1. The van der Waals surface area contributed by atoms with E-state index in [-0.39, 0.29) is 23.4 Å². The van der Waals surface area contributed by atoms with Gasteiger partial charge in [-0.1, -0.05) is 12.1 Å². The second-order valence-corrected chi connectivity index (χ2v) is 7.05. The Hall–Kier alpha value is -3.10. The number of aliphatic hydroxyl groups excluding tert-OH is 1. The number of pyridine rings is 2. The van der Waals surface area contributed by atoms with Crippen LogP contribution in [-0.2, 0) is 11.2 Å². The standard InChI is InChI=1S/C21H20FN3O4/c22-15-3-1-2-14-13(8-12-4-6-23-19(27)9-12)10-17(24-20(14)15)21(28)25-16-5-7-29-11-18(16)26/h1-4,6,9-10,16,18,26H,5,7-8,11H2,(H,23,27)(H,25,28). The van der Waals surface area contributed by atoms with Crippen molar-refractivity contribution in [2.45, 2.75) is 25.0 Å². The molecule has 1 aromatic carbocycles. The third-order valence-corrected chi connectivity index (χ3v) is 4.99. The molecule has 29 heavy (non-hydrogen) atoms. The number of amides is 1. The second-order valence-electron chi connectivity index (χ2n) is 7.05. The lowest BCUT2D eigenvalue weighted by Crippen LogP contribution is -2.48. The van der Waals surface area contributed by atoms with Crippen molar-refractivity contribution in [3.8, 4) is 0 Å². The maximum atomic E-state index is 14.4. The van der Waals surface area contributed by atoms with E-state index in [9.17, 15) is 19.1 Å². The zero-order chi connectivity index (χ0) is 20.4. The summed E-state index contributed by atoms with van der Waals surface area (Å²) in [6.07, 6.45) is 1.56. The Balaban J connectivity index is 1.71. The number of ether oxygens (including phenoxy) is 1. The molecule has 1 fully saturated rings. The van der Waals surface area contributed by atoms with Gasteiger partial charge < -0.3 is 20.1 Å². The minimum Gasteiger partial charge on any atom is -0.389 e. The molecule has 0 spiro atoms. The molecule has 1 amide bonds. The Bertz CT molecular complexity index is 1110. The number of para-hydroxylation sites is 1. The minimum atomic E-state index is -0.805. The summed E-state index contributed by atoms with van der Waals surface area (Å²) in [5.41, 5.74) is 1.32. The third kappa shape index (κ3) is 4.18. The largest absolute Gasteiger partial charge is 0.389 e. The molecule has 0 bridgehead atoms. The predicted molar refractivity (Wildman–Crippen MR) is 104 cm³/mol. The minimum absolute atomic E-state index is 0.0566. The number of aromatic nitrogens is 2. The highest BCUT2D eigenvalue weighted by Gasteiger charge is 2.26. The number of fused-ring (bicyclic) bond motifs is 1. The van der Waals surface area contributed by atoms with E-state index in [1.54, 1.807) is 30.5 Å². The van der Waals surface area contributed by atoms with Crippen molar-refractivity contribution >= 4 is 16.8 Å². The van der Waals surface area contributed by atoms with Crippen LogP contribution in [-0.4, -0.2) is 46.3 Å². The Labute approximate surface area is 165 Å². The van der Waals surface area contributed by atoms with Crippen molar-refractivity contribution in [3.05, 3.63) is 75.6 Å². The smallest absolute Gasteiger partial charge is 0.270 e. The molecule has 2 unspecified atom stereocenters. The van der Waals surface area contributed by atoms with Crippen LogP contribution in [0.25, 0.3) is 10.9 Å². The van der Waals surface area contributed by atoms with Crippen LogP contribution in [0.3, 0.4) is 0 Å². The van der Waals surface area contributed by atoms with Gasteiger partial charge >= 0.3 is 0 Å². The molecule has 1 aliphatic rings. The molecule has 3 aromatic rings. The summed E-state index contributed by atoms with van der Waals surface area (Å²) in [7, 11) is 0. The van der Waals surface area contributed by atoms with Gasteiger partial charge in [-0.25, -0.2) is 9.37 Å². The molecule has 8 heteroatoms. The molecule has 3 heterocycles. The van der Waals surface area contributed by atoms with E-state index in [2.05, 4.69) is 15.3 Å². The first kappa shape index (κ1) is 19.2. The van der Waals surface area contributed by atoms with E-state index in [0.29, 0.717) is 30.4 Å². The van der Waals surface area contributed by atoms with E-state index in [4.69, 9.17) is 4.74 Å². The topological polar surface area (TPSA) is 104 Å². The fraction of sp³-hybridized carbons (Fsp3) is 0.286. The number of nitrogens with one attached hydrogen (secondary N) is 2. The molecule has 0 aliphatic carbocycles. The number of nitrogens with zero attached hydrogens (tertiary/aromatic N) is 1. The van der Waals surface area contributed by atoms with E-state index < -0.39 is 23.9 Å². The van der Waals surface area contributed by atoms with Gasteiger partial charge in [-0.2, -0.15) is 0 Å². The van der Waals surface area contributed by atoms with Gasteiger partial charge in [-0.3, -0.25) is 9.59 Å². The van der Waals surface area contributed by atoms with Gasteiger partial charge in [0.15, 0.2) is 0 Å². The van der Waals surface area contributed by atoms with Gasteiger partial charge in [0.05, 0.1) is 18.8 Å². The molecule has 4 rings (SSSR count). The second kappa shape index (κ2) is 8.10. The van der Waals surface area contributed by atoms with E-state index in [1.165, 1.54) is 12.1 Å². The lowest BCUT2D eigenvalue weighted by atomic mass is 10.00. The van der Waals surface area contributed by atoms with Crippen LogP contribution in [0.2, 0.25) is 0 Å². The first-order valence-corrected chi connectivity index (χ1v) is 9.34. The molecule has 1 saturated heterocycles. The average Bonchev–Trinajstić information content (AvgIpc) is 2.70. The summed E-state index contributed by atoms with van der Waals surface area (Å²) >= 11 is 0. The fourth-order valence-corrected chi connectivity index (χ4v) is 3.50. The summed E-state index contributed by atoms with van der Waals surface area (Å²) in [6, 6.07) is 8.97. The summed E-state index contributed by atoms with van der Waals surface area (Å²) in [6.45, 7) is 0.591. The zero-order valence-corrected chi connectivity index (χ0v) is 15.5. The molecule has 0 radical (unpaired) electrons. The molecule has 7 nitrogen and oxygen atoms in total. The van der Waals surface area contributed by atoms with Crippen LogP contribution < -0.4 is 10.9 Å². The van der Waals surface area contributed by atoms with Crippen LogP contribution in [0.4, 0.5) is 4.39 Å². The van der Waals surface area contributed by atoms with Crippen molar-refractivity contribution < 1.29 is 19.0 Å². The third-order valence-electron chi connectivity index (χ3n) is 4.99.